The van der Waals surface area contributed by atoms with E-state index in [-0.39, 0.29) is 21.8 Å². The molecule has 0 amide bonds. The van der Waals surface area contributed by atoms with Crippen molar-refractivity contribution < 1.29 is 21.6 Å². The smallest absolute Gasteiger partial charge is 0.355 e. The minimum absolute atomic E-state index is 0.0740. The van der Waals surface area contributed by atoms with Gasteiger partial charge in [0.05, 0.1) is 35.1 Å². The standard InChI is InChI=1S/C24H29F3N6O2S2/c1-3-37(34,35)13-18-11-28-17(10-29-18)12-32-6-4-23(14-32)5-7-33(15-23)21-20-8-19(9-24(25,26)27)36-22(20)31-16(2)30-21/h8,10-11H,3-7,9,12-15H2,1-2H3. The van der Waals surface area contributed by atoms with Crippen LogP contribution >= 0.6 is 11.3 Å². The molecule has 13 heteroatoms. The summed E-state index contributed by atoms with van der Waals surface area (Å²) in [6.07, 6.45) is -0.0205. The first-order valence-corrected chi connectivity index (χ1v) is 14.9. The summed E-state index contributed by atoms with van der Waals surface area (Å²) in [6.45, 7) is 7.41. The normalized spacial score (nSPS) is 21.1. The van der Waals surface area contributed by atoms with Crippen molar-refractivity contribution in [1.82, 2.24) is 24.8 Å². The first-order chi connectivity index (χ1) is 17.4. The molecule has 0 N–H and O–H groups in total. The monoisotopic (exact) mass is 554 g/mol. The minimum atomic E-state index is -4.26. The second kappa shape index (κ2) is 9.73. The molecule has 5 rings (SSSR count). The zero-order valence-corrected chi connectivity index (χ0v) is 22.4. The Morgan fingerprint density at radius 2 is 1.81 bits per heavy atom. The highest BCUT2D eigenvalue weighted by Gasteiger charge is 2.44. The molecule has 0 radical (unpaired) electrons. The van der Waals surface area contributed by atoms with Gasteiger partial charge in [-0.3, -0.25) is 14.9 Å². The lowest BCUT2D eigenvalue weighted by Crippen LogP contribution is -2.31. The number of halogens is 3. The highest BCUT2D eigenvalue weighted by molar-refractivity contribution is 7.90. The number of hydrogen-bond acceptors (Lipinski definition) is 9. The van der Waals surface area contributed by atoms with E-state index in [0.717, 1.165) is 61.9 Å². The third-order valence-corrected chi connectivity index (χ3v) is 9.76. The van der Waals surface area contributed by atoms with Crippen molar-refractivity contribution in [3.63, 3.8) is 0 Å². The molecule has 200 valence electrons. The minimum Gasteiger partial charge on any atom is -0.355 e. The van der Waals surface area contributed by atoms with Gasteiger partial charge in [-0.25, -0.2) is 18.4 Å². The molecular formula is C24H29F3N6O2S2. The van der Waals surface area contributed by atoms with Gasteiger partial charge in [0.25, 0.3) is 0 Å². The SMILES string of the molecule is CCS(=O)(=O)Cc1cnc(CN2CCC3(CCN(c4nc(C)nc5sc(CC(F)(F)F)cc45)C3)C2)cn1. The fourth-order valence-corrected chi connectivity index (χ4v) is 7.19. The molecule has 0 aliphatic carbocycles. The van der Waals surface area contributed by atoms with Crippen molar-refractivity contribution in [2.24, 2.45) is 5.41 Å². The number of thiophene rings is 1. The van der Waals surface area contributed by atoms with Gasteiger partial charge >= 0.3 is 6.18 Å². The maximum atomic E-state index is 13.0. The van der Waals surface area contributed by atoms with E-state index in [9.17, 15) is 21.6 Å². The largest absolute Gasteiger partial charge is 0.393 e. The van der Waals surface area contributed by atoms with Crippen molar-refractivity contribution in [2.45, 2.75) is 51.6 Å². The van der Waals surface area contributed by atoms with Crippen LogP contribution in [0.1, 0.15) is 41.9 Å². The Hall–Kier alpha value is -2.38. The number of alkyl halides is 3. The van der Waals surface area contributed by atoms with Gasteiger partial charge in [0.15, 0.2) is 9.84 Å². The summed E-state index contributed by atoms with van der Waals surface area (Å²) in [7, 11) is -3.15. The van der Waals surface area contributed by atoms with Gasteiger partial charge in [-0.1, -0.05) is 6.92 Å². The van der Waals surface area contributed by atoms with Crippen LogP contribution in [0.5, 0.6) is 0 Å². The number of fused-ring (bicyclic) bond motifs is 1. The highest BCUT2D eigenvalue weighted by Crippen LogP contribution is 2.43. The van der Waals surface area contributed by atoms with Gasteiger partial charge in [-0.05, 0) is 32.4 Å². The average molecular weight is 555 g/mol. The number of likely N-dealkylation sites (tertiary alicyclic amines) is 1. The van der Waals surface area contributed by atoms with E-state index in [2.05, 4.69) is 29.7 Å². The summed E-state index contributed by atoms with van der Waals surface area (Å²) in [5, 5.41) is 0.696. The van der Waals surface area contributed by atoms with E-state index in [1.807, 2.05) is 0 Å². The number of aryl methyl sites for hydroxylation is 1. The molecule has 0 saturated carbocycles. The van der Waals surface area contributed by atoms with Gasteiger partial charge in [0, 0.05) is 48.4 Å². The molecular weight excluding hydrogens is 525 g/mol. The molecule has 5 heterocycles. The maximum absolute atomic E-state index is 13.0. The van der Waals surface area contributed by atoms with E-state index < -0.39 is 22.4 Å². The van der Waals surface area contributed by atoms with Crippen LogP contribution in [0.3, 0.4) is 0 Å². The summed E-state index contributed by atoms with van der Waals surface area (Å²) < 4.78 is 62.5. The molecule has 1 unspecified atom stereocenters. The van der Waals surface area contributed by atoms with Crippen LogP contribution in [0, 0.1) is 12.3 Å². The summed E-state index contributed by atoms with van der Waals surface area (Å²) in [5.74, 6) is 1.26. The molecule has 3 aromatic rings. The van der Waals surface area contributed by atoms with Gasteiger partial charge in [0.2, 0.25) is 0 Å². The molecule has 2 fully saturated rings. The van der Waals surface area contributed by atoms with Crippen molar-refractivity contribution in [1.29, 1.82) is 0 Å². The second-order valence-corrected chi connectivity index (χ2v) is 13.6. The van der Waals surface area contributed by atoms with Crippen molar-refractivity contribution in [3.8, 4) is 0 Å². The van der Waals surface area contributed by atoms with Gasteiger partial charge in [0.1, 0.15) is 16.5 Å². The lowest BCUT2D eigenvalue weighted by molar-refractivity contribution is -0.126. The zero-order chi connectivity index (χ0) is 26.4. The van der Waals surface area contributed by atoms with Crippen molar-refractivity contribution >= 4 is 37.2 Å². The van der Waals surface area contributed by atoms with Gasteiger partial charge < -0.3 is 4.90 Å². The average Bonchev–Trinajstić information content (AvgIpc) is 3.52. The quantitative estimate of drug-likeness (QED) is 0.434. The van der Waals surface area contributed by atoms with Crippen LogP contribution in [0.4, 0.5) is 19.0 Å². The number of aromatic nitrogens is 4. The van der Waals surface area contributed by atoms with E-state index in [0.29, 0.717) is 28.3 Å². The van der Waals surface area contributed by atoms with E-state index in [1.165, 1.54) is 0 Å². The fraction of sp³-hybridized carbons (Fsp3) is 0.583. The van der Waals surface area contributed by atoms with Crippen LogP contribution < -0.4 is 4.90 Å². The highest BCUT2D eigenvalue weighted by atomic mass is 32.2. The summed E-state index contributed by atoms with van der Waals surface area (Å²) in [6, 6.07) is 1.60. The molecule has 1 spiro atoms. The number of sulfone groups is 1. The van der Waals surface area contributed by atoms with Crippen molar-refractivity contribution in [2.75, 3.05) is 36.8 Å². The molecule has 37 heavy (non-hydrogen) atoms. The summed E-state index contributed by atoms with van der Waals surface area (Å²) in [4.78, 5) is 23.2. The van der Waals surface area contributed by atoms with Crippen LogP contribution in [0.15, 0.2) is 18.5 Å². The molecule has 2 aliphatic heterocycles. The lowest BCUT2D eigenvalue weighted by Gasteiger charge is -2.25. The molecule has 0 bridgehead atoms. The van der Waals surface area contributed by atoms with Gasteiger partial charge in [-0.15, -0.1) is 11.3 Å². The first-order valence-electron chi connectivity index (χ1n) is 12.2. The molecule has 2 saturated heterocycles. The third kappa shape index (κ3) is 6.04. The Kier molecular flexibility index (Phi) is 6.90. The third-order valence-electron chi connectivity index (χ3n) is 7.12. The Morgan fingerprint density at radius 3 is 2.51 bits per heavy atom. The topological polar surface area (TPSA) is 92.2 Å². The van der Waals surface area contributed by atoms with Crippen LogP contribution in [-0.4, -0.2) is 71.4 Å². The summed E-state index contributed by atoms with van der Waals surface area (Å²) >= 11 is 1.09. The predicted molar refractivity (Wildman–Crippen MR) is 136 cm³/mol. The van der Waals surface area contributed by atoms with E-state index in [4.69, 9.17) is 0 Å². The summed E-state index contributed by atoms with van der Waals surface area (Å²) in [5.41, 5.74) is 1.33. The Bertz CT molecular complexity index is 1390. The van der Waals surface area contributed by atoms with Crippen LogP contribution in [0.2, 0.25) is 0 Å². The van der Waals surface area contributed by atoms with Gasteiger partial charge in [-0.2, -0.15) is 13.2 Å². The first kappa shape index (κ1) is 26.2. The number of nitrogens with zero attached hydrogens (tertiary/aromatic N) is 6. The van der Waals surface area contributed by atoms with E-state index >= 15 is 0 Å². The fourth-order valence-electron chi connectivity index (χ4n) is 5.29. The molecule has 2 aliphatic rings. The molecule has 8 nitrogen and oxygen atoms in total. The Balaban J connectivity index is 1.26. The second-order valence-electron chi connectivity index (χ2n) is 10.1. The lowest BCUT2D eigenvalue weighted by atomic mass is 9.86. The Labute approximate surface area is 217 Å². The van der Waals surface area contributed by atoms with Crippen LogP contribution in [-0.2, 0) is 28.6 Å². The molecule has 0 aromatic carbocycles. The Morgan fingerprint density at radius 1 is 1.08 bits per heavy atom. The van der Waals surface area contributed by atoms with Crippen molar-refractivity contribution in [3.05, 3.63) is 40.5 Å². The zero-order valence-electron chi connectivity index (χ0n) is 20.8. The number of anilines is 1. The van der Waals surface area contributed by atoms with Crippen LogP contribution in [0.25, 0.3) is 10.2 Å². The molecule has 3 aromatic heterocycles. The number of rotatable bonds is 7. The predicted octanol–water partition coefficient (Wildman–Crippen LogP) is 3.93. The maximum Gasteiger partial charge on any atom is 0.393 e. The molecule has 1 atom stereocenters. The van der Waals surface area contributed by atoms with E-state index in [1.54, 1.807) is 32.3 Å². The number of hydrogen-bond donors (Lipinski definition) is 0.